The van der Waals surface area contributed by atoms with Crippen LogP contribution >= 0.6 is 0 Å². The van der Waals surface area contributed by atoms with Gasteiger partial charge in [0.15, 0.2) is 0 Å². The van der Waals surface area contributed by atoms with Crippen LogP contribution in [0.5, 0.6) is 11.5 Å². The molecule has 1 unspecified atom stereocenters. The minimum atomic E-state index is 0.108. The van der Waals surface area contributed by atoms with E-state index >= 15 is 0 Å². The van der Waals surface area contributed by atoms with Crippen LogP contribution in [0.3, 0.4) is 0 Å². The summed E-state index contributed by atoms with van der Waals surface area (Å²) in [6.45, 7) is 4.18. The molecule has 1 atom stereocenters. The minimum Gasteiger partial charge on any atom is -0.496 e. The van der Waals surface area contributed by atoms with Crippen molar-refractivity contribution in [2.75, 3.05) is 32.2 Å². The zero-order valence-corrected chi connectivity index (χ0v) is 12.1. The highest BCUT2D eigenvalue weighted by atomic mass is 16.5. The second kappa shape index (κ2) is 6.15. The molecule has 1 aromatic rings. The lowest BCUT2D eigenvalue weighted by Crippen LogP contribution is -2.20. The molecular weight excluding hydrogens is 240 g/mol. The number of nitrogens with two attached hydrogens (primary N) is 1. The number of nitrogens with zero attached hydrogens (tertiary/aromatic N) is 1. The smallest absolute Gasteiger partial charge is 0.142 e. The first-order chi connectivity index (χ1) is 9.15. The lowest BCUT2D eigenvalue weighted by atomic mass is 10.0. The minimum absolute atomic E-state index is 0.108. The van der Waals surface area contributed by atoms with E-state index in [1.165, 1.54) is 12.8 Å². The van der Waals surface area contributed by atoms with Gasteiger partial charge in [-0.25, -0.2) is 0 Å². The Kier molecular flexibility index (Phi) is 4.53. The maximum atomic E-state index is 5.89. The fourth-order valence-electron chi connectivity index (χ4n) is 2.66. The fourth-order valence-corrected chi connectivity index (χ4v) is 2.66. The SMILES string of the molecule is COc1cc(N2CCCC2)c(OC)cc1CC(C)N. The summed E-state index contributed by atoms with van der Waals surface area (Å²) < 4.78 is 11.0. The summed E-state index contributed by atoms with van der Waals surface area (Å²) in [4.78, 5) is 2.36. The van der Waals surface area contributed by atoms with Crippen molar-refractivity contribution in [3.63, 3.8) is 0 Å². The molecule has 2 N–H and O–H groups in total. The van der Waals surface area contributed by atoms with Crippen LogP contribution in [-0.4, -0.2) is 33.4 Å². The third kappa shape index (κ3) is 3.13. The molecule has 1 aromatic carbocycles. The molecule has 4 nitrogen and oxygen atoms in total. The molecular formula is C15H24N2O2. The van der Waals surface area contributed by atoms with Gasteiger partial charge in [0.1, 0.15) is 11.5 Å². The Balaban J connectivity index is 2.37. The standard InChI is InChI=1S/C15H24N2O2/c1-11(16)8-12-9-15(19-3)13(10-14(12)18-2)17-6-4-5-7-17/h9-11H,4-8,16H2,1-3H3. The highest BCUT2D eigenvalue weighted by Gasteiger charge is 2.19. The fraction of sp³-hybridized carbons (Fsp3) is 0.600. The van der Waals surface area contributed by atoms with Gasteiger partial charge in [-0.1, -0.05) is 0 Å². The zero-order chi connectivity index (χ0) is 13.8. The second-order valence-corrected chi connectivity index (χ2v) is 5.21. The average molecular weight is 264 g/mol. The largest absolute Gasteiger partial charge is 0.496 e. The number of hydrogen-bond acceptors (Lipinski definition) is 4. The number of methoxy groups -OCH3 is 2. The molecule has 1 aliphatic heterocycles. The third-order valence-electron chi connectivity index (χ3n) is 3.57. The monoisotopic (exact) mass is 264 g/mol. The molecule has 106 valence electrons. The first-order valence-corrected chi connectivity index (χ1v) is 6.91. The van der Waals surface area contributed by atoms with Gasteiger partial charge in [-0.2, -0.15) is 0 Å². The lowest BCUT2D eigenvalue weighted by Gasteiger charge is -2.23. The van der Waals surface area contributed by atoms with Crippen LogP contribution in [0.1, 0.15) is 25.3 Å². The van der Waals surface area contributed by atoms with Crippen molar-refractivity contribution in [2.24, 2.45) is 5.73 Å². The Morgan fingerprint density at radius 1 is 1.16 bits per heavy atom. The normalized spacial score (nSPS) is 16.5. The van der Waals surface area contributed by atoms with E-state index in [0.29, 0.717) is 0 Å². The quantitative estimate of drug-likeness (QED) is 0.885. The molecule has 19 heavy (non-hydrogen) atoms. The van der Waals surface area contributed by atoms with Gasteiger partial charge in [0, 0.05) is 25.2 Å². The maximum Gasteiger partial charge on any atom is 0.142 e. The number of anilines is 1. The number of benzene rings is 1. The Morgan fingerprint density at radius 2 is 1.79 bits per heavy atom. The molecule has 0 spiro atoms. The summed E-state index contributed by atoms with van der Waals surface area (Å²) in [5.74, 6) is 1.82. The van der Waals surface area contributed by atoms with E-state index in [4.69, 9.17) is 15.2 Å². The molecule has 1 saturated heterocycles. The Labute approximate surface area is 115 Å². The van der Waals surface area contributed by atoms with E-state index in [1.54, 1.807) is 14.2 Å². The van der Waals surface area contributed by atoms with Crippen LogP contribution in [0, 0.1) is 0 Å². The molecule has 0 aromatic heterocycles. The summed E-state index contributed by atoms with van der Waals surface area (Å²) in [6, 6.07) is 4.26. The molecule has 0 radical (unpaired) electrons. The van der Waals surface area contributed by atoms with Gasteiger partial charge in [-0.05, 0) is 37.8 Å². The van der Waals surface area contributed by atoms with Gasteiger partial charge >= 0.3 is 0 Å². The second-order valence-electron chi connectivity index (χ2n) is 5.21. The first kappa shape index (κ1) is 14.0. The summed E-state index contributed by atoms with van der Waals surface area (Å²) in [5, 5.41) is 0. The number of ether oxygens (including phenoxy) is 2. The van der Waals surface area contributed by atoms with Crippen molar-refractivity contribution >= 4 is 5.69 Å². The van der Waals surface area contributed by atoms with Crippen LogP contribution in [0.25, 0.3) is 0 Å². The predicted molar refractivity (Wildman–Crippen MR) is 78.3 cm³/mol. The van der Waals surface area contributed by atoms with Crippen molar-refractivity contribution in [2.45, 2.75) is 32.2 Å². The van der Waals surface area contributed by atoms with Crippen LogP contribution in [-0.2, 0) is 6.42 Å². The molecule has 4 heteroatoms. The van der Waals surface area contributed by atoms with Gasteiger partial charge < -0.3 is 20.1 Å². The molecule has 1 fully saturated rings. The maximum absolute atomic E-state index is 5.89. The molecule has 1 heterocycles. The average Bonchev–Trinajstić information content (AvgIpc) is 2.91. The topological polar surface area (TPSA) is 47.7 Å². The van der Waals surface area contributed by atoms with Crippen molar-refractivity contribution < 1.29 is 9.47 Å². The molecule has 0 amide bonds. The van der Waals surface area contributed by atoms with Crippen molar-refractivity contribution in [3.05, 3.63) is 17.7 Å². The predicted octanol–water partition coefficient (Wildman–Crippen LogP) is 2.19. The van der Waals surface area contributed by atoms with E-state index in [-0.39, 0.29) is 6.04 Å². The summed E-state index contributed by atoms with van der Waals surface area (Å²) in [6.07, 6.45) is 3.28. The van der Waals surface area contributed by atoms with Crippen molar-refractivity contribution in [1.82, 2.24) is 0 Å². The van der Waals surface area contributed by atoms with Gasteiger partial charge in [0.25, 0.3) is 0 Å². The summed E-state index contributed by atoms with van der Waals surface area (Å²) in [5.41, 5.74) is 8.13. The third-order valence-corrected chi connectivity index (χ3v) is 3.57. The van der Waals surface area contributed by atoms with E-state index in [1.807, 2.05) is 6.92 Å². The van der Waals surface area contributed by atoms with E-state index in [9.17, 15) is 0 Å². The van der Waals surface area contributed by atoms with Gasteiger partial charge in [0.2, 0.25) is 0 Å². The Morgan fingerprint density at radius 3 is 2.32 bits per heavy atom. The van der Waals surface area contributed by atoms with Gasteiger partial charge in [-0.15, -0.1) is 0 Å². The first-order valence-electron chi connectivity index (χ1n) is 6.91. The molecule has 0 saturated carbocycles. The molecule has 0 bridgehead atoms. The molecule has 0 aliphatic carbocycles. The van der Waals surface area contributed by atoms with Crippen molar-refractivity contribution in [1.29, 1.82) is 0 Å². The van der Waals surface area contributed by atoms with Crippen molar-refractivity contribution in [3.8, 4) is 11.5 Å². The highest BCUT2D eigenvalue weighted by molar-refractivity contribution is 5.64. The van der Waals surface area contributed by atoms with Crippen LogP contribution in [0.15, 0.2) is 12.1 Å². The van der Waals surface area contributed by atoms with Gasteiger partial charge in [0.05, 0.1) is 19.9 Å². The Bertz CT molecular complexity index is 426. The summed E-state index contributed by atoms with van der Waals surface area (Å²) >= 11 is 0. The van der Waals surface area contributed by atoms with E-state index in [0.717, 1.165) is 42.3 Å². The molecule has 1 aliphatic rings. The van der Waals surface area contributed by atoms with Crippen LogP contribution < -0.4 is 20.1 Å². The Hall–Kier alpha value is -1.42. The van der Waals surface area contributed by atoms with E-state index < -0.39 is 0 Å². The lowest BCUT2D eigenvalue weighted by molar-refractivity contribution is 0.398. The zero-order valence-electron chi connectivity index (χ0n) is 12.1. The van der Waals surface area contributed by atoms with E-state index in [2.05, 4.69) is 17.0 Å². The number of rotatable bonds is 5. The van der Waals surface area contributed by atoms with Gasteiger partial charge in [-0.3, -0.25) is 0 Å². The summed E-state index contributed by atoms with van der Waals surface area (Å²) in [7, 11) is 3.43. The van der Waals surface area contributed by atoms with Crippen LogP contribution in [0.2, 0.25) is 0 Å². The molecule has 2 rings (SSSR count). The van der Waals surface area contributed by atoms with Crippen LogP contribution in [0.4, 0.5) is 5.69 Å². The highest BCUT2D eigenvalue weighted by Crippen LogP contribution is 2.37. The number of hydrogen-bond donors (Lipinski definition) is 1.